The topological polar surface area (TPSA) is 29.4 Å². The zero-order valence-electron chi connectivity index (χ0n) is 7.95. The van der Waals surface area contributed by atoms with Gasteiger partial charge in [-0.15, -0.1) is 0 Å². The third kappa shape index (κ3) is 2.53. The van der Waals surface area contributed by atoms with Crippen LogP contribution in [0.1, 0.15) is 30.5 Å². The zero-order valence-corrected chi connectivity index (χ0v) is 7.95. The van der Waals surface area contributed by atoms with Crippen molar-refractivity contribution in [1.82, 2.24) is 0 Å². The van der Waals surface area contributed by atoms with Crippen LogP contribution in [0.25, 0.3) is 0 Å². The summed E-state index contributed by atoms with van der Waals surface area (Å²) in [7, 11) is 0. The molecule has 0 heterocycles. The van der Waals surface area contributed by atoms with E-state index in [9.17, 15) is 4.79 Å². The van der Waals surface area contributed by atoms with Crippen molar-refractivity contribution >= 4 is 6.08 Å². The monoisotopic (exact) mass is 175 g/mol. The van der Waals surface area contributed by atoms with Gasteiger partial charge in [0.25, 0.3) is 0 Å². The summed E-state index contributed by atoms with van der Waals surface area (Å²) < 4.78 is 0. The minimum absolute atomic E-state index is 0.0302. The van der Waals surface area contributed by atoms with E-state index in [1.54, 1.807) is 6.08 Å². The molecule has 68 valence electrons. The number of carbonyl (C=O) groups excluding carboxylic acids is 1. The van der Waals surface area contributed by atoms with E-state index in [0.29, 0.717) is 0 Å². The molecule has 1 rings (SSSR count). The minimum atomic E-state index is -0.0302. The molecule has 13 heavy (non-hydrogen) atoms. The average Bonchev–Trinajstić information content (AvgIpc) is 2.14. The maximum Gasteiger partial charge on any atom is 0.235 e. The highest BCUT2D eigenvalue weighted by molar-refractivity contribution is 5.36. The van der Waals surface area contributed by atoms with Gasteiger partial charge in [0, 0.05) is 0 Å². The van der Waals surface area contributed by atoms with Crippen LogP contribution in [-0.4, -0.2) is 6.08 Å². The molecule has 0 aliphatic rings. The molecule has 0 bridgehead atoms. The highest BCUT2D eigenvalue weighted by Gasteiger charge is 2.06. The molecule has 0 saturated heterocycles. The molecule has 0 unspecified atom stereocenters. The van der Waals surface area contributed by atoms with E-state index in [1.165, 1.54) is 5.56 Å². The lowest BCUT2D eigenvalue weighted by Crippen LogP contribution is -1.93. The summed E-state index contributed by atoms with van der Waals surface area (Å²) in [5.41, 5.74) is 2.28. The Balaban J connectivity index is 2.97. The van der Waals surface area contributed by atoms with Gasteiger partial charge >= 0.3 is 0 Å². The van der Waals surface area contributed by atoms with Crippen molar-refractivity contribution in [2.75, 3.05) is 0 Å². The van der Waals surface area contributed by atoms with Crippen LogP contribution in [0.5, 0.6) is 0 Å². The molecule has 0 fully saturated rings. The number of benzene rings is 1. The van der Waals surface area contributed by atoms with E-state index < -0.39 is 0 Å². The lowest BCUT2D eigenvalue weighted by molar-refractivity contribution is 0.556. The lowest BCUT2D eigenvalue weighted by Gasteiger charge is -2.08. The molecule has 1 aromatic carbocycles. The molecule has 1 atom stereocenters. The van der Waals surface area contributed by atoms with E-state index in [1.807, 2.05) is 32.0 Å². The maximum absolute atomic E-state index is 10.1. The van der Waals surface area contributed by atoms with Crippen molar-refractivity contribution in [3.05, 3.63) is 35.4 Å². The van der Waals surface area contributed by atoms with Gasteiger partial charge < -0.3 is 0 Å². The summed E-state index contributed by atoms with van der Waals surface area (Å²) in [6, 6.07) is 8.02. The predicted molar refractivity (Wildman–Crippen MR) is 52.3 cm³/mol. The smallest absolute Gasteiger partial charge is 0.211 e. The first kappa shape index (κ1) is 9.69. The fraction of sp³-hybridized carbons (Fsp3) is 0.364. The fourth-order valence-electron chi connectivity index (χ4n) is 1.34. The lowest BCUT2D eigenvalue weighted by atomic mass is 10.0. The molecule has 1 aromatic rings. The standard InChI is InChI=1S/C11H13NO/c1-3-11(12-8-13)10-6-4-5-9(2)7-10/h4-7,11H,3H2,1-2H3/t11-/m1/s1. The number of nitrogens with zero attached hydrogens (tertiary/aromatic N) is 1. The van der Waals surface area contributed by atoms with Crippen LogP contribution in [-0.2, 0) is 4.79 Å². The third-order valence-corrected chi connectivity index (χ3v) is 2.02. The van der Waals surface area contributed by atoms with Gasteiger partial charge in [-0.3, -0.25) is 0 Å². The number of aryl methyl sites for hydroxylation is 1. The van der Waals surface area contributed by atoms with E-state index in [-0.39, 0.29) is 6.04 Å². The van der Waals surface area contributed by atoms with Crippen molar-refractivity contribution in [1.29, 1.82) is 0 Å². The van der Waals surface area contributed by atoms with Crippen molar-refractivity contribution in [3.63, 3.8) is 0 Å². The SMILES string of the molecule is CC[C@@H](N=C=O)c1cccc(C)c1. The van der Waals surface area contributed by atoms with E-state index in [2.05, 4.69) is 11.1 Å². The van der Waals surface area contributed by atoms with Crippen LogP contribution in [0.4, 0.5) is 0 Å². The van der Waals surface area contributed by atoms with Crippen LogP contribution in [0.3, 0.4) is 0 Å². The quantitative estimate of drug-likeness (QED) is 0.513. The highest BCUT2D eigenvalue weighted by atomic mass is 16.1. The molecule has 0 aliphatic heterocycles. The average molecular weight is 175 g/mol. The number of aliphatic imine (C=N–C) groups is 1. The Morgan fingerprint density at radius 3 is 2.85 bits per heavy atom. The molecule has 0 saturated carbocycles. The Labute approximate surface area is 78.3 Å². The van der Waals surface area contributed by atoms with Crippen molar-refractivity contribution in [3.8, 4) is 0 Å². The van der Waals surface area contributed by atoms with Gasteiger partial charge in [-0.2, -0.15) is 4.99 Å². The Morgan fingerprint density at radius 2 is 2.31 bits per heavy atom. The molecule has 0 N–H and O–H groups in total. The number of hydrogen-bond donors (Lipinski definition) is 0. The Kier molecular flexibility index (Phi) is 3.41. The summed E-state index contributed by atoms with van der Waals surface area (Å²) in [6.07, 6.45) is 2.44. The first-order valence-electron chi connectivity index (χ1n) is 4.41. The molecule has 0 amide bonds. The minimum Gasteiger partial charge on any atom is -0.211 e. The van der Waals surface area contributed by atoms with Crippen LogP contribution in [0.15, 0.2) is 29.3 Å². The summed E-state index contributed by atoms with van der Waals surface area (Å²) in [6.45, 7) is 4.04. The van der Waals surface area contributed by atoms with E-state index >= 15 is 0 Å². The molecule has 0 aliphatic carbocycles. The maximum atomic E-state index is 10.1. The van der Waals surface area contributed by atoms with Crippen LogP contribution in [0, 0.1) is 6.92 Å². The zero-order chi connectivity index (χ0) is 9.68. The van der Waals surface area contributed by atoms with Gasteiger partial charge in [0.2, 0.25) is 6.08 Å². The molecular weight excluding hydrogens is 162 g/mol. The van der Waals surface area contributed by atoms with Gasteiger partial charge in [-0.1, -0.05) is 36.8 Å². The second-order valence-electron chi connectivity index (χ2n) is 3.06. The van der Waals surface area contributed by atoms with Gasteiger partial charge in [-0.25, -0.2) is 4.79 Å². The normalized spacial score (nSPS) is 11.8. The first-order valence-corrected chi connectivity index (χ1v) is 4.41. The molecule has 0 radical (unpaired) electrons. The summed E-state index contributed by atoms with van der Waals surface area (Å²) >= 11 is 0. The summed E-state index contributed by atoms with van der Waals surface area (Å²) in [5, 5.41) is 0. The first-order chi connectivity index (χ1) is 6.27. The second kappa shape index (κ2) is 4.58. The van der Waals surface area contributed by atoms with Gasteiger partial charge in [-0.05, 0) is 18.9 Å². The Bertz CT molecular complexity index is 327. The fourth-order valence-corrected chi connectivity index (χ4v) is 1.34. The highest BCUT2D eigenvalue weighted by Crippen LogP contribution is 2.20. The largest absolute Gasteiger partial charge is 0.235 e. The van der Waals surface area contributed by atoms with Crippen LogP contribution >= 0.6 is 0 Å². The van der Waals surface area contributed by atoms with Crippen LogP contribution < -0.4 is 0 Å². The molecule has 0 spiro atoms. The third-order valence-electron chi connectivity index (χ3n) is 2.02. The molecular formula is C11H13NO. The van der Waals surface area contributed by atoms with E-state index in [4.69, 9.17) is 0 Å². The van der Waals surface area contributed by atoms with Crippen molar-refractivity contribution in [2.45, 2.75) is 26.3 Å². The Morgan fingerprint density at radius 1 is 1.54 bits per heavy atom. The van der Waals surface area contributed by atoms with Gasteiger partial charge in [0.15, 0.2) is 0 Å². The van der Waals surface area contributed by atoms with Crippen molar-refractivity contribution in [2.24, 2.45) is 4.99 Å². The number of hydrogen-bond acceptors (Lipinski definition) is 2. The van der Waals surface area contributed by atoms with Gasteiger partial charge in [0.1, 0.15) is 0 Å². The molecule has 2 nitrogen and oxygen atoms in total. The van der Waals surface area contributed by atoms with Crippen molar-refractivity contribution < 1.29 is 4.79 Å². The van der Waals surface area contributed by atoms with Crippen LogP contribution in [0.2, 0.25) is 0 Å². The van der Waals surface area contributed by atoms with E-state index in [0.717, 1.165) is 12.0 Å². The number of rotatable bonds is 3. The summed E-state index contributed by atoms with van der Waals surface area (Å²) in [4.78, 5) is 13.9. The molecule has 2 heteroatoms. The summed E-state index contributed by atoms with van der Waals surface area (Å²) in [5.74, 6) is 0. The predicted octanol–water partition coefficient (Wildman–Crippen LogP) is 2.78. The Hall–Kier alpha value is -1.40. The molecule has 0 aromatic heterocycles. The second-order valence-corrected chi connectivity index (χ2v) is 3.06. The number of isocyanates is 1. The van der Waals surface area contributed by atoms with Gasteiger partial charge in [0.05, 0.1) is 6.04 Å².